The highest BCUT2D eigenvalue weighted by molar-refractivity contribution is 6.30. The van der Waals surface area contributed by atoms with Gasteiger partial charge in [0.05, 0.1) is 11.0 Å². The van der Waals surface area contributed by atoms with Crippen LogP contribution in [0.2, 0.25) is 0 Å². The summed E-state index contributed by atoms with van der Waals surface area (Å²) in [4.78, 5) is 21.7. The minimum atomic E-state index is -0.802. The van der Waals surface area contributed by atoms with Crippen molar-refractivity contribution in [2.24, 2.45) is 10.2 Å². The Hall–Kier alpha value is -3.26. The zero-order valence-electron chi connectivity index (χ0n) is 18.0. The van der Waals surface area contributed by atoms with Gasteiger partial charge in [0.15, 0.2) is 11.3 Å². The van der Waals surface area contributed by atoms with Crippen LogP contribution in [0.3, 0.4) is 0 Å². The highest BCUT2D eigenvalue weighted by Gasteiger charge is 2.54. The van der Waals surface area contributed by atoms with E-state index in [1.54, 1.807) is 18.5 Å². The average molecular weight is 451 g/mol. The standard InChI is InChI=1S/C23H23ClN6O2/c1-4-23(13-7-5-8-14(11-13)32-21-25-9-6-10-26-21)16-15(12-22(2,3)28-20(16)31)27-19-17(23)18(24)29-30-19/h5-11,19,27H,4,12H2,1-3H3,(H,28,31). The minimum Gasteiger partial charge on any atom is -0.424 e. The van der Waals surface area contributed by atoms with Crippen LogP contribution in [0.5, 0.6) is 11.8 Å². The summed E-state index contributed by atoms with van der Waals surface area (Å²) in [5, 5.41) is 15.4. The number of nitrogens with one attached hydrogen (secondary N) is 2. The molecule has 0 spiro atoms. The number of hydrogen-bond donors (Lipinski definition) is 2. The Morgan fingerprint density at radius 3 is 2.75 bits per heavy atom. The number of carbonyl (C=O) groups is 1. The van der Waals surface area contributed by atoms with Crippen LogP contribution in [-0.2, 0) is 10.2 Å². The van der Waals surface area contributed by atoms with Crippen molar-refractivity contribution in [2.45, 2.75) is 50.7 Å². The number of aromatic nitrogens is 2. The van der Waals surface area contributed by atoms with E-state index in [4.69, 9.17) is 16.3 Å². The third-order valence-electron chi connectivity index (χ3n) is 6.16. The van der Waals surface area contributed by atoms with Gasteiger partial charge in [-0.15, -0.1) is 5.11 Å². The van der Waals surface area contributed by atoms with Gasteiger partial charge in [-0.2, -0.15) is 5.11 Å². The maximum absolute atomic E-state index is 13.5. The van der Waals surface area contributed by atoms with Gasteiger partial charge in [-0.25, -0.2) is 9.97 Å². The van der Waals surface area contributed by atoms with Crippen LogP contribution in [0.1, 0.15) is 39.2 Å². The fraction of sp³-hybridized carbons (Fsp3) is 0.348. The van der Waals surface area contributed by atoms with Gasteiger partial charge in [0.2, 0.25) is 0 Å². The van der Waals surface area contributed by atoms with Gasteiger partial charge in [0.25, 0.3) is 5.91 Å². The van der Waals surface area contributed by atoms with Crippen molar-refractivity contribution in [3.8, 4) is 11.8 Å². The third-order valence-corrected chi connectivity index (χ3v) is 6.44. The highest BCUT2D eigenvalue weighted by Crippen LogP contribution is 2.53. The molecule has 3 aliphatic rings. The second kappa shape index (κ2) is 7.41. The first kappa shape index (κ1) is 20.6. The van der Waals surface area contributed by atoms with Crippen LogP contribution < -0.4 is 15.4 Å². The molecule has 8 nitrogen and oxygen atoms in total. The molecule has 0 saturated carbocycles. The lowest BCUT2D eigenvalue weighted by atomic mass is 9.62. The maximum Gasteiger partial charge on any atom is 0.321 e. The molecule has 0 radical (unpaired) electrons. The van der Waals surface area contributed by atoms with E-state index < -0.39 is 11.6 Å². The zero-order chi connectivity index (χ0) is 22.5. The van der Waals surface area contributed by atoms with Crippen molar-refractivity contribution in [3.63, 3.8) is 0 Å². The number of azo groups is 1. The molecule has 2 atom stereocenters. The number of amides is 1. The summed E-state index contributed by atoms with van der Waals surface area (Å²) >= 11 is 6.58. The predicted octanol–water partition coefficient (Wildman–Crippen LogP) is 4.31. The van der Waals surface area contributed by atoms with Crippen molar-refractivity contribution >= 4 is 17.5 Å². The molecular weight excluding hydrogens is 428 g/mol. The van der Waals surface area contributed by atoms with E-state index in [0.29, 0.717) is 29.3 Å². The molecule has 1 aromatic heterocycles. The van der Waals surface area contributed by atoms with Gasteiger partial charge < -0.3 is 15.4 Å². The second-order valence-electron chi connectivity index (χ2n) is 8.76. The molecule has 0 bridgehead atoms. The first-order valence-corrected chi connectivity index (χ1v) is 10.9. The van der Waals surface area contributed by atoms with Crippen LogP contribution in [0.15, 0.2) is 75.0 Å². The molecule has 1 aromatic carbocycles. The largest absolute Gasteiger partial charge is 0.424 e. The Morgan fingerprint density at radius 2 is 2.00 bits per heavy atom. The number of halogens is 1. The van der Waals surface area contributed by atoms with Gasteiger partial charge in [-0.05, 0) is 44.0 Å². The molecule has 2 N–H and O–H groups in total. The molecule has 0 fully saturated rings. The molecule has 9 heteroatoms. The topological polar surface area (TPSA) is 101 Å². The van der Waals surface area contributed by atoms with Gasteiger partial charge in [-0.1, -0.05) is 30.7 Å². The van der Waals surface area contributed by atoms with Crippen LogP contribution >= 0.6 is 11.6 Å². The van der Waals surface area contributed by atoms with E-state index in [1.165, 1.54) is 0 Å². The summed E-state index contributed by atoms with van der Waals surface area (Å²) in [6.07, 6.45) is 4.08. The summed E-state index contributed by atoms with van der Waals surface area (Å²) in [6, 6.07) is 9.60. The molecule has 3 aliphatic heterocycles. The Kier molecular flexibility index (Phi) is 4.78. The quantitative estimate of drug-likeness (QED) is 0.676. The fourth-order valence-corrected chi connectivity index (χ4v) is 5.25. The number of ether oxygens (including phenoxy) is 1. The predicted molar refractivity (Wildman–Crippen MR) is 119 cm³/mol. The Morgan fingerprint density at radius 1 is 1.22 bits per heavy atom. The smallest absolute Gasteiger partial charge is 0.321 e. The van der Waals surface area contributed by atoms with Gasteiger partial charge in [-0.3, -0.25) is 4.79 Å². The number of benzene rings is 1. The summed E-state index contributed by atoms with van der Waals surface area (Å²) in [7, 11) is 0. The zero-order valence-corrected chi connectivity index (χ0v) is 18.8. The van der Waals surface area contributed by atoms with Gasteiger partial charge >= 0.3 is 6.01 Å². The summed E-state index contributed by atoms with van der Waals surface area (Å²) in [6.45, 7) is 6.06. The minimum absolute atomic E-state index is 0.120. The van der Waals surface area contributed by atoms with Crippen LogP contribution in [-0.4, -0.2) is 27.6 Å². The van der Waals surface area contributed by atoms with E-state index in [1.807, 2.05) is 45.0 Å². The van der Waals surface area contributed by atoms with Crippen molar-refractivity contribution in [1.82, 2.24) is 20.6 Å². The number of carbonyl (C=O) groups excluding carboxylic acids is 1. The molecule has 5 rings (SSSR count). The first-order valence-electron chi connectivity index (χ1n) is 10.5. The fourth-order valence-electron chi connectivity index (χ4n) is 4.94. The summed E-state index contributed by atoms with van der Waals surface area (Å²) in [5.41, 5.74) is 2.01. The van der Waals surface area contributed by atoms with Crippen LogP contribution in [0.25, 0.3) is 0 Å². The Bertz CT molecular complexity index is 1190. The monoisotopic (exact) mass is 450 g/mol. The lowest BCUT2D eigenvalue weighted by Crippen LogP contribution is -2.58. The normalized spacial score (nSPS) is 25.8. The lowest BCUT2D eigenvalue weighted by molar-refractivity contribution is -0.120. The molecule has 2 aromatic rings. The number of hydrogen-bond acceptors (Lipinski definition) is 7. The Balaban J connectivity index is 1.69. The molecule has 164 valence electrons. The highest BCUT2D eigenvalue weighted by atomic mass is 35.5. The number of nitrogens with zero attached hydrogens (tertiary/aromatic N) is 4. The van der Waals surface area contributed by atoms with E-state index >= 15 is 0 Å². The van der Waals surface area contributed by atoms with Crippen molar-refractivity contribution in [3.05, 3.63) is 70.3 Å². The molecule has 32 heavy (non-hydrogen) atoms. The van der Waals surface area contributed by atoms with Crippen molar-refractivity contribution < 1.29 is 9.53 Å². The Labute approximate surface area is 190 Å². The van der Waals surface area contributed by atoms with E-state index in [9.17, 15) is 4.79 Å². The molecule has 2 unspecified atom stereocenters. The van der Waals surface area contributed by atoms with Crippen LogP contribution in [0, 0.1) is 0 Å². The molecule has 0 aliphatic carbocycles. The summed E-state index contributed by atoms with van der Waals surface area (Å²) in [5.74, 6) is 0.449. The molecule has 0 saturated heterocycles. The van der Waals surface area contributed by atoms with Gasteiger partial charge in [0, 0.05) is 35.6 Å². The lowest BCUT2D eigenvalue weighted by Gasteiger charge is -2.48. The number of rotatable bonds is 4. The molecule has 4 heterocycles. The maximum atomic E-state index is 13.5. The van der Waals surface area contributed by atoms with E-state index in [-0.39, 0.29) is 17.5 Å². The van der Waals surface area contributed by atoms with E-state index in [0.717, 1.165) is 16.8 Å². The average Bonchev–Trinajstić information content (AvgIpc) is 3.13. The molecule has 1 amide bonds. The van der Waals surface area contributed by atoms with Gasteiger partial charge in [0.1, 0.15) is 5.75 Å². The SMILES string of the molecule is CCC1(c2cccc(Oc3ncccn3)c2)C2=C(CC(C)(C)NC2=O)NC2N=NC(Cl)=C21. The summed E-state index contributed by atoms with van der Waals surface area (Å²) < 4.78 is 5.88. The first-order chi connectivity index (χ1) is 15.3. The van der Waals surface area contributed by atoms with Crippen molar-refractivity contribution in [2.75, 3.05) is 0 Å². The van der Waals surface area contributed by atoms with Crippen molar-refractivity contribution in [1.29, 1.82) is 0 Å². The number of fused-ring (bicyclic) bond motifs is 1. The molecular formula is C23H23ClN6O2. The van der Waals surface area contributed by atoms with Crippen LogP contribution in [0.4, 0.5) is 0 Å². The second-order valence-corrected chi connectivity index (χ2v) is 9.11. The van der Waals surface area contributed by atoms with E-state index in [2.05, 4.69) is 30.8 Å². The third kappa shape index (κ3) is 3.17.